The SMILES string of the molecule is CCCOC(=O)CN(C)C(=O)c1ccc(F)cc1. The van der Waals surface area contributed by atoms with E-state index < -0.39 is 11.8 Å². The molecule has 5 heteroatoms. The number of esters is 1. The van der Waals surface area contributed by atoms with E-state index in [9.17, 15) is 14.0 Å². The molecule has 0 saturated carbocycles. The van der Waals surface area contributed by atoms with Crippen molar-refractivity contribution in [1.29, 1.82) is 0 Å². The zero-order valence-corrected chi connectivity index (χ0v) is 10.5. The molecule has 0 aromatic heterocycles. The minimum absolute atomic E-state index is 0.115. The number of hydrogen-bond acceptors (Lipinski definition) is 3. The fourth-order valence-electron chi connectivity index (χ4n) is 1.34. The molecule has 0 unspecified atom stereocenters. The molecule has 98 valence electrons. The highest BCUT2D eigenvalue weighted by Gasteiger charge is 2.15. The summed E-state index contributed by atoms with van der Waals surface area (Å²) in [7, 11) is 1.50. The van der Waals surface area contributed by atoms with Gasteiger partial charge in [0.15, 0.2) is 0 Å². The summed E-state index contributed by atoms with van der Waals surface area (Å²) in [6.07, 6.45) is 0.737. The Kier molecular flexibility index (Phi) is 5.30. The van der Waals surface area contributed by atoms with E-state index in [0.29, 0.717) is 12.2 Å². The molecular formula is C13H16FNO3. The molecule has 0 aliphatic carbocycles. The summed E-state index contributed by atoms with van der Waals surface area (Å²) in [5.74, 6) is -1.20. The topological polar surface area (TPSA) is 46.6 Å². The van der Waals surface area contributed by atoms with Gasteiger partial charge in [-0.2, -0.15) is 0 Å². The van der Waals surface area contributed by atoms with E-state index in [1.165, 1.54) is 36.2 Å². The van der Waals surface area contributed by atoms with Gasteiger partial charge in [-0.05, 0) is 30.7 Å². The van der Waals surface area contributed by atoms with Crippen LogP contribution in [0.3, 0.4) is 0 Å². The number of rotatable bonds is 5. The highest BCUT2D eigenvalue weighted by molar-refractivity contribution is 5.95. The fourth-order valence-corrected chi connectivity index (χ4v) is 1.34. The van der Waals surface area contributed by atoms with Gasteiger partial charge in [0.25, 0.3) is 5.91 Å². The molecule has 4 nitrogen and oxygen atoms in total. The van der Waals surface area contributed by atoms with Gasteiger partial charge in [-0.3, -0.25) is 9.59 Å². The zero-order valence-electron chi connectivity index (χ0n) is 10.5. The summed E-state index contributed by atoms with van der Waals surface area (Å²) in [4.78, 5) is 24.4. The monoisotopic (exact) mass is 253 g/mol. The molecule has 0 aliphatic rings. The van der Waals surface area contributed by atoms with Crippen LogP contribution in [0.2, 0.25) is 0 Å². The van der Waals surface area contributed by atoms with Crippen LogP contribution in [0, 0.1) is 5.82 Å². The lowest BCUT2D eigenvalue weighted by Crippen LogP contribution is -2.33. The van der Waals surface area contributed by atoms with E-state index in [-0.39, 0.29) is 12.5 Å². The molecule has 0 fully saturated rings. The molecule has 0 spiro atoms. The summed E-state index contributed by atoms with van der Waals surface area (Å²) in [6, 6.07) is 5.17. The van der Waals surface area contributed by atoms with Gasteiger partial charge in [0.2, 0.25) is 0 Å². The van der Waals surface area contributed by atoms with Crippen molar-refractivity contribution in [2.75, 3.05) is 20.2 Å². The fraction of sp³-hybridized carbons (Fsp3) is 0.385. The molecule has 1 aromatic rings. The minimum atomic E-state index is -0.449. The Morgan fingerprint density at radius 3 is 2.44 bits per heavy atom. The third kappa shape index (κ3) is 4.16. The molecule has 1 amide bonds. The summed E-state index contributed by atoms with van der Waals surface area (Å²) in [5.41, 5.74) is 0.335. The maximum atomic E-state index is 12.7. The van der Waals surface area contributed by atoms with Crippen LogP contribution in [0.15, 0.2) is 24.3 Å². The largest absolute Gasteiger partial charge is 0.464 e. The van der Waals surface area contributed by atoms with Crippen LogP contribution in [0.1, 0.15) is 23.7 Å². The van der Waals surface area contributed by atoms with Gasteiger partial charge in [-0.1, -0.05) is 6.92 Å². The average molecular weight is 253 g/mol. The van der Waals surface area contributed by atoms with Crippen LogP contribution < -0.4 is 0 Å². The highest BCUT2D eigenvalue weighted by Crippen LogP contribution is 2.05. The third-order valence-electron chi connectivity index (χ3n) is 2.27. The van der Waals surface area contributed by atoms with Crippen LogP contribution in [0.25, 0.3) is 0 Å². The van der Waals surface area contributed by atoms with Crippen LogP contribution in [0.5, 0.6) is 0 Å². The van der Waals surface area contributed by atoms with Gasteiger partial charge in [0.05, 0.1) is 6.61 Å². The van der Waals surface area contributed by atoms with Crippen molar-refractivity contribution < 1.29 is 18.7 Å². The number of likely N-dealkylation sites (N-methyl/N-ethyl adjacent to an activating group) is 1. The standard InChI is InChI=1S/C13H16FNO3/c1-3-8-18-12(16)9-15(2)13(17)10-4-6-11(14)7-5-10/h4-7H,3,8-9H2,1-2H3. The lowest BCUT2D eigenvalue weighted by atomic mass is 10.2. The number of ether oxygens (including phenoxy) is 1. The number of benzene rings is 1. The molecule has 0 bridgehead atoms. The van der Waals surface area contributed by atoms with Crippen LogP contribution in [-0.2, 0) is 9.53 Å². The first-order valence-electron chi connectivity index (χ1n) is 5.71. The number of carbonyl (C=O) groups excluding carboxylic acids is 2. The van der Waals surface area contributed by atoms with Gasteiger partial charge >= 0.3 is 5.97 Å². The van der Waals surface area contributed by atoms with E-state index >= 15 is 0 Å². The molecular weight excluding hydrogens is 237 g/mol. The molecule has 0 radical (unpaired) electrons. The molecule has 18 heavy (non-hydrogen) atoms. The zero-order chi connectivity index (χ0) is 13.5. The van der Waals surface area contributed by atoms with E-state index in [4.69, 9.17) is 4.74 Å². The second-order valence-corrected chi connectivity index (χ2v) is 3.89. The number of carbonyl (C=O) groups is 2. The van der Waals surface area contributed by atoms with E-state index in [0.717, 1.165) is 6.42 Å². The van der Waals surface area contributed by atoms with Gasteiger partial charge < -0.3 is 9.64 Å². The quantitative estimate of drug-likeness (QED) is 0.752. The predicted molar refractivity (Wildman–Crippen MR) is 64.6 cm³/mol. The van der Waals surface area contributed by atoms with Gasteiger partial charge in [-0.25, -0.2) is 4.39 Å². The van der Waals surface area contributed by atoms with Crippen LogP contribution in [0.4, 0.5) is 4.39 Å². The van der Waals surface area contributed by atoms with Crippen LogP contribution >= 0.6 is 0 Å². The predicted octanol–water partition coefficient (Wildman–Crippen LogP) is 1.85. The molecule has 0 atom stereocenters. The van der Waals surface area contributed by atoms with E-state index in [2.05, 4.69) is 0 Å². The van der Waals surface area contributed by atoms with E-state index in [1.54, 1.807) is 0 Å². The minimum Gasteiger partial charge on any atom is -0.464 e. The van der Waals surface area contributed by atoms with Crippen molar-refractivity contribution in [3.05, 3.63) is 35.6 Å². The number of amides is 1. The molecule has 0 N–H and O–H groups in total. The average Bonchev–Trinajstić information content (AvgIpc) is 2.36. The summed E-state index contributed by atoms with van der Waals surface area (Å²) >= 11 is 0. The van der Waals surface area contributed by atoms with Crippen molar-refractivity contribution >= 4 is 11.9 Å². The first-order chi connectivity index (χ1) is 8.54. The lowest BCUT2D eigenvalue weighted by molar-refractivity contribution is -0.144. The lowest BCUT2D eigenvalue weighted by Gasteiger charge is -2.16. The van der Waals surface area contributed by atoms with Gasteiger partial charge in [0, 0.05) is 12.6 Å². The Balaban J connectivity index is 2.56. The van der Waals surface area contributed by atoms with Crippen molar-refractivity contribution in [3.8, 4) is 0 Å². The van der Waals surface area contributed by atoms with Crippen molar-refractivity contribution in [3.63, 3.8) is 0 Å². The molecule has 0 saturated heterocycles. The Morgan fingerprint density at radius 2 is 1.89 bits per heavy atom. The molecule has 1 aromatic carbocycles. The number of nitrogens with zero attached hydrogens (tertiary/aromatic N) is 1. The number of halogens is 1. The normalized spacial score (nSPS) is 9.94. The first kappa shape index (κ1) is 14.2. The summed E-state index contributed by atoms with van der Waals surface area (Å²) < 4.78 is 17.6. The maximum absolute atomic E-state index is 12.7. The van der Waals surface area contributed by atoms with Crippen LogP contribution in [-0.4, -0.2) is 37.0 Å². The van der Waals surface area contributed by atoms with Gasteiger partial charge in [-0.15, -0.1) is 0 Å². The first-order valence-corrected chi connectivity index (χ1v) is 5.71. The van der Waals surface area contributed by atoms with Crippen molar-refractivity contribution in [2.45, 2.75) is 13.3 Å². The summed E-state index contributed by atoms with van der Waals surface area (Å²) in [5, 5.41) is 0. The van der Waals surface area contributed by atoms with Crippen molar-refractivity contribution in [1.82, 2.24) is 4.90 Å². The molecule has 0 aliphatic heterocycles. The molecule has 1 rings (SSSR count). The third-order valence-corrected chi connectivity index (χ3v) is 2.27. The molecule has 0 heterocycles. The van der Waals surface area contributed by atoms with Gasteiger partial charge in [0.1, 0.15) is 12.4 Å². The van der Waals surface area contributed by atoms with Crippen molar-refractivity contribution in [2.24, 2.45) is 0 Å². The second kappa shape index (κ2) is 6.74. The van der Waals surface area contributed by atoms with E-state index in [1.807, 2.05) is 6.92 Å². The Bertz CT molecular complexity index is 417. The second-order valence-electron chi connectivity index (χ2n) is 3.89. The maximum Gasteiger partial charge on any atom is 0.325 e. The Hall–Kier alpha value is -1.91. The number of hydrogen-bond donors (Lipinski definition) is 0. The summed E-state index contributed by atoms with van der Waals surface area (Å²) in [6.45, 7) is 2.12. The highest BCUT2D eigenvalue weighted by atomic mass is 19.1. The Morgan fingerprint density at radius 1 is 1.28 bits per heavy atom. The Labute approximate surface area is 105 Å². The smallest absolute Gasteiger partial charge is 0.325 e.